The van der Waals surface area contributed by atoms with Crippen LogP contribution < -0.4 is 5.73 Å². The van der Waals surface area contributed by atoms with E-state index in [1.54, 1.807) is 4.57 Å². The molecule has 0 aliphatic heterocycles. The molecule has 0 amide bonds. The first-order valence-electron chi connectivity index (χ1n) is 7.92. The third-order valence-electron chi connectivity index (χ3n) is 3.89. The molecule has 0 radical (unpaired) electrons. The first kappa shape index (κ1) is 17.3. The molecule has 7 heteroatoms. The number of nitrogens with zero attached hydrogens (tertiary/aromatic N) is 3. The maximum Gasteiger partial charge on any atom is 0.249 e. The molecule has 0 saturated heterocycles. The first-order valence-corrected chi connectivity index (χ1v) is 9.81. The van der Waals surface area contributed by atoms with Crippen LogP contribution in [-0.2, 0) is 22.8 Å². The Labute approximate surface area is 147 Å². The van der Waals surface area contributed by atoms with Crippen LogP contribution in [0.2, 0.25) is 0 Å². The van der Waals surface area contributed by atoms with Crippen molar-refractivity contribution < 1.29 is 8.42 Å². The van der Waals surface area contributed by atoms with Crippen LogP contribution in [-0.4, -0.2) is 29.4 Å². The van der Waals surface area contributed by atoms with Crippen molar-refractivity contribution in [1.82, 2.24) is 14.8 Å². The van der Waals surface area contributed by atoms with E-state index in [2.05, 4.69) is 10.2 Å². The van der Waals surface area contributed by atoms with Crippen LogP contribution in [0.25, 0.3) is 0 Å². The molecular weight excluding hydrogens is 336 g/mol. The van der Waals surface area contributed by atoms with E-state index >= 15 is 0 Å². The summed E-state index contributed by atoms with van der Waals surface area (Å²) in [4.78, 5) is 0. The molecule has 1 aromatic heterocycles. The van der Waals surface area contributed by atoms with Gasteiger partial charge in [0.05, 0.1) is 12.6 Å². The Morgan fingerprint density at radius 1 is 0.960 bits per heavy atom. The lowest BCUT2D eigenvalue weighted by Crippen LogP contribution is -2.21. The molecule has 0 bridgehead atoms. The van der Waals surface area contributed by atoms with Crippen LogP contribution in [0.1, 0.15) is 23.0 Å². The molecule has 3 aromatic rings. The summed E-state index contributed by atoms with van der Waals surface area (Å²) in [6.45, 7) is 0.355. The predicted molar refractivity (Wildman–Crippen MR) is 95.8 cm³/mol. The van der Waals surface area contributed by atoms with Gasteiger partial charge in [0, 0.05) is 6.26 Å². The van der Waals surface area contributed by atoms with Crippen molar-refractivity contribution >= 4 is 9.84 Å². The van der Waals surface area contributed by atoms with Gasteiger partial charge < -0.3 is 5.73 Å². The summed E-state index contributed by atoms with van der Waals surface area (Å²) in [7, 11) is -3.51. The molecule has 1 heterocycles. The SMILES string of the molecule is CS(=O)(=O)c1nnc([C@@H](N)Cc2ccccc2)n1Cc1ccccc1. The van der Waals surface area contributed by atoms with Crippen molar-refractivity contribution in [1.29, 1.82) is 0 Å². The largest absolute Gasteiger partial charge is 0.321 e. The second-order valence-corrected chi connectivity index (χ2v) is 7.89. The molecule has 0 spiro atoms. The highest BCUT2D eigenvalue weighted by Gasteiger charge is 2.24. The third-order valence-corrected chi connectivity index (χ3v) is 4.86. The molecule has 2 N–H and O–H groups in total. The highest BCUT2D eigenvalue weighted by atomic mass is 32.2. The maximum absolute atomic E-state index is 12.1. The van der Waals surface area contributed by atoms with Gasteiger partial charge in [-0.25, -0.2) is 8.42 Å². The van der Waals surface area contributed by atoms with Crippen molar-refractivity contribution in [3.8, 4) is 0 Å². The smallest absolute Gasteiger partial charge is 0.249 e. The fraction of sp³-hybridized carbons (Fsp3) is 0.222. The van der Waals surface area contributed by atoms with Gasteiger partial charge in [-0.3, -0.25) is 4.57 Å². The Kier molecular flexibility index (Phi) is 4.96. The van der Waals surface area contributed by atoms with Crippen molar-refractivity contribution in [2.24, 2.45) is 5.73 Å². The molecule has 0 fully saturated rings. The summed E-state index contributed by atoms with van der Waals surface area (Å²) in [6.07, 6.45) is 1.68. The lowest BCUT2D eigenvalue weighted by molar-refractivity contribution is 0.557. The van der Waals surface area contributed by atoms with Crippen molar-refractivity contribution in [3.63, 3.8) is 0 Å². The number of hydrogen-bond donors (Lipinski definition) is 1. The zero-order valence-corrected chi connectivity index (χ0v) is 14.7. The fourth-order valence-corrected chi connectivity index (χ4v) is 3.47. The molecule has 3 rings (SSSR count). The molecule has 6 nitrogen and oxygen atoms in total. The van der Waals surface area contributed by atoms with Gasteiger partial charge in [0.1, 0.15) is 0 Å². The average Bonchev–Trinajstić information content (AvgIpc) is 3.00. The topological polar surface area (TPSA) is 90.9 Å². The van der Waals surface area contributed by atoms with Crippen LogP contribution in [0.3, 0.4) is 0 Å². The highest BCUT2D eigenvalue weighted by Crippen LogP contribution is 2.19. The van der Waals surface area contributed by atoms with Gasteiger partial charge in [0.2, 0.25) is 15.0 Å². The molecular formula is C18H20N4O2S. The Hall–Kier alpha value is -2.51. The lowest BCUT2D eigenvalue weighted by atomic mass is 10.1. The molecule has 0 aliphatic carbocycles. The van der Waals surface area contributed by atoms with Crippen LogP contribution in [0.5, 0.6) is 0 Å². The lowest BCUT2D eigenvalue weighted by Gasteiger charge is -2.15. The fourth-order valence-electron chi connectivity index (χ4n) is 2.72. The quantitative estimate of drug-likeness (QED) is 0.729. The molecule has 2 aromatic carbocycles. The minimum absolute atomic E-state index is 0.0603. The normalized spacial score (nSPS) is 12.9. The van der Waals surface area contributed by atoms with Crippen LogP contribution >= 0.6 is 0 Å². The second kappa shape index (κ2) is 7.16. The Balaban J connectivity index is 1.97. The van der Waals surface area contributed by atoms with E-state index in [4.69, 9.17) is 5.73 Å². The Bertz CT molecular complexity index is 938. The highest BCUT2D eigenvalue weighted by molar-refractivity contribution is 7.90. The summed E-state index contributed by atoms with van der Waals surface area (Å²) >= 11 is 0. The zero-order valence-electron chi connectivity index (χ0n) is 13.9. The van der Waals surface area contributed by atoms with Gasteiger partial charge in [0.15, 0.2) is 5.82 Å². The molecule has 25 heavy (non-hydrogen) atoms. The predicted octanol–water partition coefficient (Wildman–Crippen LogP) is 1.97. The van der Waals surface area contributed by atoms with Crippen molar-refractivity contribution in [3.05, 3.63) is 77.6 Å². The Morgan fingerprint density at radius 2 is 1.52 bits per heavy atom. The Morgan fingerprint density at radius 3 is 2.08 bits per heavy atom. The number of hydrogen-bond acceptors (Lipinski definition) is 5. The van der Waals surface area contributed by atoms with Gasteiger partial charge in [-0.2, -0.15) is 0 Å². The van der Waals surface area contributed by atoms with Gasteiger partial charge >= 0.3 is 0 Å². The van der Waals surface area contributed by atoms with E-state index in [0.717, 1.165) is 17.4 Å². The van der Waals surface area contributed by atoms with Crippen LogP contribution in [0.15, 0.2) is 65.8 Å². The first-order chi connectivity index (χ1) is 11.9. The number of benzene rings is 2. The molecule has 0 aliphatic rings. The minimum Gasteiger partial charge on any atom is -0.321 e. The van der Waals surface area contributed by atoms with Gasteiger partial charge in [0.25, 0.3) is 0 Å². The average molecular weight is 356 g/mol. The van der Waals surface area contributed by atoms with Crippen molar-refractivity contribution in [2.75, 3.05) is 6.26 Å². The summed E-state index contributed by atoms with van der Waals surface area (Å²) in [6, 6.07) is 18.9. The summed E-state index contributed by atoms with van der Waals surface area (Å²) in [5.41, 5.74) is 8.34. The van der Waals surface area contributed by atoms with Crippen LogP contribution in [0, 0.1) is 0 Å². The number of rotatable bonds is 6. The van der Waals surface area contributed by atoms with Gasteiger partial charge in [-0.1, -0.05) is 60.7 Å². The van der Waals surface area contributed by atoms with E-state index in [0.29, 0.717) is 18.8 Å². The molecule has 130 valence electrons. The van der Waals surface area contributed by atoms with E-state index < -0.39 is 15.9 Å². The van der Waals surface area contributed by atoms with Gasteiger partial charge in [-0.05, 0) is 17.5 Å². The number of nitrogens with two attached hydrogens (primary N) is 1. The molecule has 1 atom stereocenters. The summed E-state index contributed by atoms with van der Waals surface area (Å²) in [5, 5.41) is 7.91. The van der Waals surface area contributed by atoms with Gasteiger partial charge in [-0.15, -0.1) is 10.2 Å². The number of sulfone groups is 1. The number of aromatic nitrogens is 3. The van der Waals surface area contributed by atoms with E-state index in [9.17, 15) is 8.42 Å². The second-order valence-electron chi connectivity index (χ2n) is 5.98. The molecule has 0 saturated carbocycles. The monoisotopic (exact) mass is 356 g/mol. The maximum atomic E-state index is 12.1. The zero-order chi connectivity index (χ0) is 17.9. The van der Waals surface area contributed by atoms with Crippen LogP contribution in [0.4, 0.5) is 0 Å². The third kappa shape index (κ3) is 4.12. The molecule has 0 unspecified atom stereocenters. The summed E-state index contributed by atoms with van der Waals surface area (Å²) in [5.74, 6) is 0.466. The standard InChI is InChI=1S/C18H20N4O2S/c1-25(23,24)18-21-20-17(16(19)12-14-8-4-2-5-9-14)22(18)13-15-10-6-3-7-11-15/h2-11,16H,12-13,19H2,1H3/t16-/m0/s1. The van der Waals surface area contributed by atoms with E-state index in [-0.39, 0.29) is 5.16 Å². The summed E-state index contributed by atoms with van der Waals surface area (Å²) < 4.78 is 25.7. The van der Waals surface area contributed by atoms with E-state index in [1.165, 1.54) is 0 Å². The van der Waals surface area contributed by atoms with Crippen molar-refractivity contribution in [2.45, 2.75) is 24.2 Å². The minimum atomic E-state index is -3.51. The van der Waals surface area contributed by atoms with E-state index in [1.807, 2.05) is 60.7 Å².